The van der Waals surface area contributed by atoms with Gasteiger partial charge in [0.15, 0.2) is 0 Å². The third-order valence-corrected chi connectivity index (χ3v) is 5.80. The van der Waals surface area contributed by atoms with Crippen LogP contribution in [0.5, 0.6) is 0 Å². The molecule has 1 aromatic rings. The van der Waals surface area contributed by atoms with E-state index >= 15 is 0 Å². The highest BCUT2D eigenvalue weighted by molar-refractivity contribution is 7.89. The Balaban J connectivity index is 0.00000338. The first-order valence-electron chi connectivity index (χ1n) is 8.56. The van der Waals surface area contributed by atoms with Gasteiger partial charge in [-0.3, -0.25) is 4.79 Å². The van der Waals surface area contributed by atoms with Crippen LogP contribution < -0.4 is 15.4 Å². The highest BCUT2D eigenvalue weighted by Crippen LogP contribution is 2.16. The van der Waals surface area contributed by atoms with Gasteiger partial charge < -0.3 is 10.6 Å². The summed E-state index contributed by atoms with van der Waals surface area (Å²) >= 11 is 0. The summed E-state index contributed by atoms with van der Waals surface area (Å²) in [7, 11) is -4.12. The van der Waals surface area contributed by atoms with E-state index in [1.54, 1.807) is 13.8 Å². The summed E-state index contributed by atoms with van der Waals surface area (Å²) < 4.78 is 41.0. The number of amides is 1. The molecule has 26 heavy (non-hydrogen) atoms. The highest BCUT2D eigenvalue weighted by Gasteiger charge is 2.30. The van der Waals surface area contributed by atoms with Crippen molar-refractivity contribution in [2.45, 2.75) is 37.6 Å². The molecule has 1 aromatic carbocycles. The molecule has 0 aromatic heterocycles. The lowest BCUT2D eigenvalue weighted by Crippen LogP contribution is -2.51. The lowest BCUT2D eigenvalue weighted by molar-refractivity contribution is -0.123. The number of piperidine rings is 1. The van der Waals surface area contributed by atoms with Gasteiger partial charge in [0, 0.05) is 6.54 Å². The molecule has 0 spiro atoms. The Kier molecular flexibility index (Phi) is 8.95. The van der Waals surface area contributed by atoms with Crippen molar-refractivity contribution in [2.24, 2.45) is 11.8 Å². The summed E-state index contributed by atoms with van der Waals surface area (Å²) in [5.41, 5.74) is 0. The van der Waals surface area contributed by atoms with Crippen molar-refractivity contribution in [3.8, 4) is 0 Å². The molecule has 1 fully saturated rings. The summed E-state index contributed by atoms with van der Waals surface area (Å²) in [5.74, 6) is -1.16. The van der Waals surface area contributed by atoms with Crippen LogP contribution in [0.25, 0.3) is 0 Å². The van der Waals surface area contributed by atoms with Crippen LogP contribution in [0.3, 0.4) is 0 Å². The van der Waals surface area contributed by atoms with Gasteiger partial charge in [0.2, 0.25) is 15.9 Å². The standard InChI is InChI=1S/C17H26FN3O3S.ClH/c1-12(2)16(17(22)20-11-13-6-5-9-19-10-13)21-25(23,24)15-8-4-3-7-14(15)18;/h3-4,7-8,12-13,16,19,21H,5-6,9-11H2,1-2H3,(H,20,22);1H. The Morgan fingerprint density at radius 2 is 2.04 bits per heavy atom. The quantitative estimate of drug-likeness (QED) is 0.641. The van der Waals surface area contributed by atoms with Gasteiger partial charge >= 0.3 is 0 Å². The number of carbonyl (C=O) groups excluding carboxylic acids is 1. The van der Waals surface area contributed by atoms with Gasteiger partial charge in [-0.05, 0) is 49.9 Å². The van der Waals surface area contributed by atoms with E-state index in [1.165, 1.54) is 18.2 Å². The van der Waals surface area contributed by atoms with Crippen LogP contribution in [0.2, 0.25) is 0 Å². The molecule has 2 atom stereocenters. The van der Waals surface area contributed by atoms with Crippen LogP contribution in [0, 0.1) is 17.7 Å². The topological polar surface area (TPSA) is 87.3 Å². The zero-order valence-corrected chi connectivity index (χ0v) is 16.6. The number of benzene rings is 1. The molecule has 3 N–H and O–H groups in total. The van der Waals surface area contributed by atoms with E-state index in [1.807, 2.05) is 0 Å². The Hall–Kier alpha value is -1.22. The Labute approximate surface area is 160 Å². The maximum atomic E-state index is 13.8. The van der Waals surface area contributed by atoms with Crippen molar-refractivity contribution in [3.05, 3.63) is 30.1 Å². The second-order valence-corrected chi connectivity index (χ2v) is 8.41. The number of rotatable bonds is 7. The fourth-order valence-electron chi connectivity index (χ4n) is 2.84. The lowest BCUT2D eigenvalue weighted by atomic mass is 9.99. The van der Waals surface area contributed by atoms with E-state index in [0.29, 0.717) is 12.5 Å². The Bertz CT molecular complexity index is 694. The zero-order chi connectivity index (χ0) is 18.4. The van der Waals surface area contributed by atoms with Gasteiger partial charge in [-0.1, -0.05) is 26.0 Å². The van der Waals surface area contributed by atoms with Crippen molar-refractivity contribution in [3.63, 3.8) is 0 Å². The van der Waals surface area contributed by atoms with Crippen LogP contribution >= 0.6 is 12.4 Å². The van der Waals surface area contributed by atoms with Crippen LogP contribution in [-0.2, 0) is 14.8 Å². The van der Waals surface area contributed by atoms with Crippen LogP contribution in [-0.4, -0.2) is 40.0 Å². The van der Waals surface area contributed by atoms with E-state index in [4.69, 9.17) is 0 Å². The van der Waals surface area contributed by atoms with Gasteiger partial charge in [-0.2, -0.15) is 4.72 Å². The van der Waals surface area contributed by atoms with E-state index in [-0.39, 0.29) is 24.2 Å². The molecule has 1 aliphatic heterocycles. The average Bonchev–Trinajstić information content (AvgIpc) is 2.58. The molecular formula is C17H27ClFN3O3S. The minimum absolute atomic E-state index is 0. The number of nitrogens with one attached hydrogen (secondary N) is 3. The summed E-state index contributed by atoms with van der Waals surface area (Å²) in [6.45, 7) is 5.82. The summed E-state index contributed by atoms with van der Waals surface area (Å²) in [5, 5.41) is 6.09. The molecule has 9 heteroatoms. The maximum Gasteiger partial charge on any atom is 0.244 e. The van der Waals surface area contributed by atoms with E-state index in [2.05, 4.69) is 15.4 Å². The second kappa shape index (κ2) is 10.2. The number of sulfonamides is 1. The predicted molar refractivity (Wildman–Crippen MR) is 101 cm³/mol. The molecule has 148 valence electrons. The first-order chi connectivity index (χ1) is 11.8. The Morgan fingerprint density at radius 1 is 1.35 bits per heavy atom. The monoisotopic (exact) mass is 407 g/mol. The summed E-state index contributed by atoms with van der Waals surface area (Å²) in [6, 6.07) is 4.16. The largest absolute Gasteiger partial charge is 0.354 e. The van der Waals surface area contributed by atoms with E-state index in [0.717, 1.165) is 32.0 Å². The van der Waals surface area contributed by atoms with Crippen LogP contribution in [0.1, 0.15) is 26.7 Å². The molecule has 0 aliphatic carbocycles. The Morgan fingerprint density at radius 3 is 2.62 bits per heavy atom. The smallest absolute Gasteiger partial charge is 0.244 e. The third kappa shape index (κ3) is 6.19. The molecule has 0 radical (unpaired) electrons. The number of carbonyl (C=O) groups is 1. The minimum atomic E-state index is -4.12. The van der Waals surface area contributed by atoms with Gasteiger partial charge in [0.05, 0.1) is 0 Å². The molecule has 2 rings (SSSR count). The molecule has 1 amide bonds. The van der Waals surface area contributed by atoms with Crippen molar-refractivity contribution in [1.82, 2.24) is 15.4 Å². The fraction of sp³-hybridized carbons (Fsp3) is 0.588. The number of hydrogen-bond donors (Lipinski definition) is 3. The SMILES string of the molecule is CC(C)C(NS(=O)(=O)c1ccccc1F)C(=O)NCC1CCCNC1.Cl. The summed E-state index contributed by atoms with van der Waals surface area (Å²) in [6.07, 6.45) is 2.09. The van der Waals surface area contributed by atoms with Crippen molar-refractivity contribution < 1.29 is 17.6 Å². The molecule has 1 heterocycles. The minimum Gasteiger partial charge on any atom is -0.354 e. The molecular weight excluding hydrogens is 381 g/mol. The van der Waals surface area contributed by atoms with Gasteiger partial charge in [-0.15, -0.1) is 12.4 Å². The predicted octanol–water partition coefficient (Wildman–Crippen LogP) is 1.67. The molecule has 1 aliphatic rings. The lowest BCUT2D eigenvalue weighted by Gasteiger charge is -2.26. The molecule has 1 saturated heterocycles. The average molecular weight is 408 g/mol. The normalized spacial score (nSPS) is 18.8. The molecule has 6 nitrogen and oxygen atoms in total. The third-order valence-electron chi connectivity index (χ3n) is 4.32. The molecule has 0 saturated carbocycles. The maximum absolute atomic E-state index is 13.8. The summed E-state index contributed by atoms with van der Waals surface area (Å²) in [4.78, 5) is 12.0. The molecule has 0 bridgehead atoms. The van der Waals surface area contributed by atoms with Crippen LogP contribution in [0.15, 0.2) is 29.2 Å². The van der Waals surface area contributed by atoms with Crippen LogP contribution in [0.4, 0.5) is 4.39 Å². The highest BCUT2D eigenvalue weighted by atomic mass is 35.5. The van der Waals surface area contributed by atoms with E-state index < -0.39 is 26.8 Å². The number of hydrogen-bond acceptors (Lipinski definition) is 4. The first-order valence-corrected chi connectivity index (χ1v) is 10.0. The van der Waals surface area contributed by atoms with Gasteiger partial charge in [0.1, 0.15) is 16.8 Å². The van der Waals surface area contributed by atoms with Gasteiger partial charge in [0.25, 0.3) is 0 Å². The number of halogens is 2. The fourth-order valence-corrected chi connectivity index (χ4v) is 4.26. The van der Waals surface area contributed by atoms with Crippen molar-refractivity contribution in [1.29, 1.82) is 0 Å². The van der Waals surface area contributed by atoms with E-state index in [9.17, 15) is 17.6 Å². The second-order valence-electron chi connectivity index (χ2n) is 6.73. The molecule has 2 unspecified atom stereocenters. The first kappa shape index (κ1) is 22.8. The van der Waals surface area contributed by atoms with Crippen molar-refractivity contribution in [2.75, 3.05) is 19.6 Å². The zero-order valence-electron chi connectivity index (χ0n) is 15.0. The van der Waals surface area contributed by atoms with Crippen molar-refractivity contribution >= 4 is 28.3 Å². The van der Waals surface area contributed by atoms with Gasteiger partial charge in [-0.25, -0.2) is 12.8 Å².